The molecule has 20 heavy (non-hydrogen) atoms. The van der Waals surface area contributed by atoms with Gasteiger partial charge in [-0.25, -0.2) is 0 Å². The van der Waals surface area contributed by atoms with E-state index in [-0.39, 0.29) is 5.56 Å². The van der Waals surface area contributed by atoms with E-state index in [1.165, 1.54) is 0 Å². The van der Waals surface area contributed by atoms with Crippen molar-refractivity contribution in [1.29, 1.82) is 0 Å². The molecule has 4 nitrogen and oxygen atoms in total. The number of aromatic nitrogens is 1. The Bertz CT molecular complexity index is 657. The minimum absolute atomic E-state index is 0.148. The highest BCUT2D eigenvalue weighted by Crippen LogP contribution is 2.08. The van der Waals surface area contributed by atoms with Crippen molar-refractivity contribution in [2.24, 2.45) is 0 Å². The second kappa shape index (κ2) is 6.10. The molecule has 0 amide bonds. The summed E-state index contributed by atoms with van der Waals surface area (Å²) in [7, 11) is 0. The molecule has 0 saturated heterocycles. The van der Waals surface area contributed by atoms with E-state index in [4.69, 9.17) is 10.5 Å². The Labute approximate surface area is 118 Å². The van der Waals surface area contributed by atoms with E-state index in [1.54, 1.807) is 22.9 Å². The number of nitrogens with two attached hydrogens (primary N) is 1. The van der Waals surface area contributed by atoms with Gasteiger partial charge in [0.15, 0.2) is 5.75 Å². The van der Waals surface area contributed by atoms with Crippen LogP contribution in [0.15, 0.2) is 59.5 Å². The monoisotopic (exact) mass is 270 g/mol. The molecule has 0 spiro atoms. The van der Waals surface area contributed by atoms with E-state index < -0.39 is 0 Å². The van der Waals surface area contributed by atoms with Gasteiger partial charge in [0, 0.05) is 11.9 Å². The first kappa shape index (κ1) is 13.9. The fraction of sp³-hybridized carbons (Fsp3) is 0.188. The van der Waals surface area contributed by atoms with Crippen LogP contribution in [0.4, 0.5) is 5.69 Å². The van der Waals surface area contributed by atoms with E-state index in [2.05, 4.69) is 6.58 Å². The van der Waals surface area contributed by atoms with Crippen molar-refractivity contribution < 1.29 is 4.74 Å². The molecule has 0 unspecified atom stereocenters. The van der Waals surface area contributed by atoms with Crippen LogP contribution < -0.4 is 16.0 Å². The number of ether oxygens (including phenoxy) is 1. The number of anilines is 1. The van der Waals surface area contributed by atoms with Crippen LogP contribution in [-0.2, 0) is 6.54 Å². The molecule has 0 atom stereocenters. The van der Waals surface area contributed by atoms with Crippen LogP contribution in [0.2, 0.25) is 0 Å². The molecule has 0 bridgehead atoms. The fourth-order valence-electron chi connectivity index (χ4n) is 1.77. The van der Waals surface area contributed by atoms with Gasteiger partial charge in [-0.2, -0.15) is 0 Å². The largest absolute Gasteiger partial charge is 0.484 e. The summed E-state index contributed by atoms with van der Waals surface area (Å²) in [5.41, 5.74) is 8.09. The number of rotatable bonds is 5. The van der Waals surface area contributed by atoms with Gasteiger partial charge in [0.05, 0.1) is 6.54 Å². The first-order valence-electron chi connectivity index (χ1n) is 6.37. The number of nitrogen functional groups attached to an aromatic ring is 1. The fourth-order valence-corrected chi connectivity index (χ4v) is 1.77. The van der Waals surface area contributed by atoms with Crippen LogP contribution in [0.25, 0.3) is 0 Å². The molecule has 1 heterocycles. The van der Waals surface area contributed by atoms with Gasteiger partial charge in [-0.3, -0.25) is 4.79 Å². The second-order valence-corrected chi connectivity index (χ2v) is 4.79. The van der Waals surface area contributed by atoms with Gasteiger partial charge < -0.3 is 15.0 Å². The summed E-state index contributed by atoms with van der Waals surface area (Å²) < 4.78 is 7.05. The van der Waals surface area contributed by atoms with Crippen molar-refractivity contribution >= 4 is 5.69 Å². The van der Waals surface area contributed by atoms with Crippen LogP contribution in [0, 0.1) is 0 Å². The number of hydrogen-bond acceptors (Lipinski definition) is 3. The molecule has 0 saturated carbocycles. The number of nitrogens with zero attached hydrogens (tertiary/aromatic N) is 1. The summed E-state index contributed by atoms with van der Waals surface area (Å²) >= 11 is 0. The zero-order valence-electron chi connectivity index (χ0n) is 11.5. The van der Waals surface area contributed by atoms with Gasteiger partial charge >= 0.3 is 0 Å². The first-order valence-corrected chi connectivity index (χ1v) is 6.37. The van der Waals surface area contributed by atoms with Gasteiger partial charge in [0.1, 0.15) is 6.61 Å². The lowest BCUT2D eigenvalue weighted by Crippen LogP contribution is -2.22. The third-order valence-corrected chi connectivity index (χ3v) is 2.79. The molecule has 0 fully saturated rings. The number of pyridine rings is 1. The predicted molar refractivity (Wildman–Crippen MR) is 81.0 cm³/mol. The standard InChI is InChI=1S/C16H18N2O2/c1-12(2)11-20-15-4-3-9-18(16(15)19)10-13-5-7-14(17)8-6-13/h3-9H,1,10-11,17H2,2H3. The summed E-state index contributed by atoms with van der Waals surface area (Å²) in [4.78, 5) is 12.2. The average molecular weight is 270 g/mol. The second-order valence-electron chi connectivity index (χ2n) is 4.79. The lowest BCUT2D eigenvalue weighted by molar-refractivity contribution is 0.344. The maximum atomic E-state index is 12.2. The molecule has 0 aliphatic carbocycles. The van der Waals surface area contributed by atoms with E-state index >= 15 is 0 Å². The molecule has 4 heteroatoms. The van der Waals surface area contributed by atoms with Gasteiger partial charge in [-0.15, -0.1) is 0 Å². The molecule has 2 rings (SSSR count). The Kier molecular flexibility index (Phi) is 4.25. The Balaban J connectivity index is 2.20. The normalized spacial score (nSPS) is 10.2. The van der Waals surface area contributed by atoms with Crippen molar-refractivity contribution in [1.82, 2.24) is 4.57 Å². The Morgan fingerprint density at radius 2 is 2.00 bits per heavy atom. The van der Waals surface area contributed by atoms with E-state index in [9.17, 15) is 4.79 Å². The maximum Gasteiger partial charge on any atom is 0.293 e. The minimum atomic E-state index is -0.148. The average Bonchev–Trinajstić information content (AvgIpc) is 2.42. The Morgan fingerprint density at radius 3 is 2.65 bits per heavy atom. The highest BCUT2D eigenvalue weighted by molar-refractivity contribution is 5.39. The molecular formula is C16H18N2O2. The summed E-state index contributed by atoms with van der Waals surface area (Å²) in [6, 6.07) is 10.9. The van der Waals surface area contributed by atoms with Crippen molar-refractivity contribution in [3.8, 4) is 5.75 Å². The quantitative estimate of drug-likeness (QED) is 0.670. The molecule has 0 radical (unpaired) electrons. The van der Waals surface area contributed by atoms with Crippen molar-refractivity contribution in [3.63, 3.8) is 0 Å². The van der Waals surface area contributed by atoms with Crippen molar-refractivity contribution in [2.45, 2.75) is 13.5 Å². The van der Waals surface area contributed by atoms with Gasteiger partial charge in [0.25, 0.3) is 5.56 Å². The van der Waals surface area contributed by atoms with Gasteiger partial charge in [0.2, 0.25) is 0 Å². The Hall–Kier alpha value is -2.49. The molecule has 0 aliphatic rings. The highest BCUT2D eigenvalue weighted by Gasteiger charge is 2.05. The summed E-state index contributed by atoms with van der Waals surface area (Å²) in [5, 5.41) is 0. The number of hydrogen-bond donors (Lipinski definition) is 1. The van der Waals surface area contributed by atoms with Gasteiger partial charge in [-0.1, -0.05) is 18.7 Å². The summed E-state index contributed by atoms with van der Waals surface area (Å²) in [6.45, 7) is 6.45. The zero-order chi connectivity index (χ0) is 14.5. The molecular weight excluding hydrogens is 252 g/mol. The SMILES string of the molecule is C=C(C)COc1cccn(Cc2ccc(N)cc2)c1=O. The molecule has 0 aliphatic heterocycles. The lowest BCUT2D eigenvalue weighted by Gasteiger charge is -2.09. The van der Waals surface area contributed by atoms with Crippen LogP contribution in [-0.4, -0.2) is 11.2 Å². The van der Waals surface area contributed by atoms with Crippen LogP contribution >= 0.6 is 0 Å². The summed E-state index contributed by atoms with van der Waals surface area (Å²) in [5.74, 6) is 0.339. The van der Waals surface area contributed by atoms with Crippen LogP contribution in [0.3, 0.4) is 0 Å². The molecule has 1 aromatic heterocycles. The molecule has 104 valence electrons. The zero-order valence-corrected chi connectivity index (χ0v) is 11.5. The smallest absolute Gasteiger partial charge is 0.293 e. The number of benzene rings is 1. The van der Waals surface area contributed by atoms with Gasteiger partial charge in [-0.05, 0) is 42.3 Å². The van der Waals surface area contributed by atoms with Crippen LogP contribution in [0.1, 0.15) is 12.5 Å². The maximum absolute atomic E-state index is 12.2. The highest BCUT2D eigenvalue weighted by atomic mass is 16.5. The Morgan fingerprint density at radius 1 is 1.30 bits per heavy atom. The van der Waals surface area contributed by atoms with Crippen molar-refractivity contribution in [2.75, 3.05) is 12.3 Å². The lowest BCUT2D eigenvalue weighted by atomic mass is 10.2. The van der Waals surface area contributed by atoms with Crippen LogP contribution in [0.5, 0.6) is 5.75 Å². The minimum Gasteiger partial charge on any atom is -0.484 e. The third-order valence-electron chi connectivity index (χ3n) is 2.79. The molecule has 2 aromatic rings. The summed E-state index contributed by atoms with van der Waals surface area (Å²) in [6.07, 6.45) is 1.74. The van der Waals surface area contributed by atoms with E-state index in [1.807, 2.05) is 31.2 Å². The topological polar surface area (TPSA) is 57.2 Å². The van der Waals surface area contributed by atoms with E-state index in [0.717, 1.165) is 11.1 Å². The van der Waals surface area contributed by atoms with Crippen molar-refractivity contribution in [3.05, 3.63) is 70.7 Å². The predicted octanol–water partition coefficient (Wildman–Crippen LogP) is 2.43. The molecule has 1 aromatic carbocycles. The molecule has 2 N–H and O–H groups in total. The third kappa shape index (κ3) is 3.51. The first-order chi connectivity index (χ1) is 9.56. The van der Waals surface area contributed by atoms with E-state index in [0.29, 0.717) is 24.6 Å².